The zero-order valence-electron chi connectivity index (χ0n) is 19.6. The van der Waals surface area contributed by atoms with Gasteiger partial charge in [-0.3, -0.25) is 9.58 Å². The van der Waals surface area contributed by atoms with E-state index in [4.69, 9.17) is 16.3 Å². The van der Waals surface area contributed by atoms with Gasteiger partial charge in [0.2, 0.25) is 6.43 Å². The monoisotopic (exact) mass is 500 g/mol. The molecule has 5 fully saturated rings. The molecule has 2 aliphatic heterocycles. The average molecular weight is 501 g/mol. The van der Waals surface area contributed by atoms with Crippen LogP contribution >= 0.6 is 11.6 Å². The molecule has 0 bridgehead atoms. The number of halogens is 3. The minimum atomic E-state index is -2.22. The highest BCUT2D eigenvalue weighted by Gasteiger charge is 3.00. The number of anilines is 1. The number of rotatable bonds is 5. The zero-order valence-corrected chi connectivity index (χ0v) is 20.3. The third-order valence-corrected chi connectivity index (χ3v) is 10.2. The van der Waals surface area contributed by atoms with Gasteiger partial charge >= 0.3 is 0 Å². The number of aromatic nitrogens is 4. The molecule has 3 saturated carbocycles. The summed E-state index contributed by atoms with van der Waals surface area (Å²) in [5.41, 5.74) is 1.83. The quantitative estimate of drug-likeness (QED) is 0.531. The van der Waals surface area contributed by atoms with Crippen molar-refractivity contribution in [2.75, 3.05) is 44.3 Å². The maximum atomic E-state index is 13.5. The van der Waals surface area contributed by atoms with Crippen LogP contribution in [0.4, 0.5) is 14.5 Å². The number of piperazine rings is 1. The van der Waals surface area contributed by atoms with Crippen molar-refractivity contribution >= 4 is 28.2 Å². The largest absolute Gasteiger partial charge is 0.377 e. The van der Waals surface area contributed by atoms with Crippen molar-refractivity contribution < 1.29 is 13.5 Å². The molecule has 1 spiro atoms. The van der Waals surface area contributed by atoms with Gasteiger partial charge in [-0.15, -0.1) is 0 Å². The topological polar surface area (TPSA) is 51.3 Å². The lowest BCUT2D eigenvalue weighted by molar-refractivity contribution is -0.131. The number of hydrogen-bond donors (Lipinski definition) is 0. The molecule has 3 aromatic rings. The number of hydrogen-bond acceptors (Lipinski definition) is 5. The Morgan fingerprint density at radius 1 is 1.03 bits per heavy atom. The smallest absolute Gasteiger partial charge is 0.244 e. The molecule has 4 heterocycles. The van der Waals surface area contributed by atoms with Gasteiger partial charge in [0.1, 0.15) is 5.69 Å². The van der Waals surface area contributed by atoms with Crippen LogP contribution in [-0.2, 0) is 10.3 Å². The SMILES string of the molecule is CC1(N2CCN(c3cc4c(cnn4-c4cnn(C56CC7(C(F)F)CC75C6)c4)cc3Cl)CC2)COC1. The van der Waals surface area contributed by atoms with E-state index in [2.05, 4.69) is 33.0 Å². The molecule has 0 radical (unpaired) electrons. The minimum absolute atomic E-state index is 0.161. The van der Waals surface area contributed by atoms with Crippen LogP contribution < -0.4 is 4.90 Å². The molecular formula is C25H27ClF2N6O. The summed E-state index contributed by atoms with van der Waals surface area (Å²) in [7, 11) is 0. The summed E-state index contributed by atoms with van der Waals surface area (Å²) in [6.45, 7) is 7.64. The number of ether oxygens (including phenoxy) is 1. The van der Waals surface area contributed by atoms with Crippen LogP contribution in [0.1, 0.15) is 26.2 Å². The highest BCUT2D eigenvalue weighted by Crippen LogP contribution is 2.99. The Balaban J connectivity index is 1.07. The number of alkyl halides is 2. The Bertz CT molecular complexity index is 1380. The third kappa shape index (κ3) is 2.42. The predicted molar refractivity (Wildman–Crippen MR) is 128 cm³/mol. The standard InChI is InChI=1S/C25H27ClF2N6O/c1-22(14-35-15-22)32-4-2-31(3-5-32)20-7-19-16(6-18(20)26)8-30-34(19)17-9-29-33(10-17)25-12-23(21(27)28)11-24(23,25)13-25/h6-10,21H,2-5,11-15H2,1H3. The molecule has 0 amide bonds. The van der Waals surface area contributed by atoms with Crippen LogP contribution in [0.5, 0.6) is 0 Å². The molecular weight excluding hydrogens is 474 g/mol. The maximum absolute atomic E-state index is 13.5. The number of nitrogens with zero attached hydrogens (tertiary/aromatic N) is 6. The highest BCUT2D eigenvalue weighted by atomic mass is 35.5. The second-order valence-electron chi connectivity index (χ2n) is 11.6. The molecule has 2 aromatic heterocycles. The van der Waals surface area contributed by atoms with Gasteiger partial charge < -0.3 is 9.64 Å². The van der Waals surface area contributed by atoms with Crippen LogP contribution in [0.2, 0.25) is 5.02 Å². The molecule has 2 saturated heterocycles. The Labute approximate surface area is 206 Å². The van der Waals surface area contributed by atoms with Crippen molar-refractivity contribution in [1.29, 1.82) is 0 Å². The van der Waals surface area contributed by atoms with Crippen LogP contribution in [0.15, 0.2) is 30.7 Å². The van der Waals surface area contributed by atoms with Gasteiger partial charge in [0.25, 0.3) is 0 Å². The van der Waals surface area contributed by atoms with Gasteiger partial charge in [-0.05, 0) is 38.3 Å². The average Bonchev–Trinajstić information content (AvgIpc) is 3.31. The molecule has 184 valence electrons. The lowest BCUT2D eigenvalue weighted by atomic mass is 9.80. The Kier molecular flexibility index (Phi) is 3.80. The van der Waals surface area contributed by atoms with Crippen molar-refractivity contribution in [3.05, 3.63) is 35.7 Å². The van der Waals surface area contributed by atoms with Crippen molar-refractivity contribution in [3.8, 4) is 5.69 Å². The van der Waals surface area contributed by atoms with Gasteiger partial charge in [0.05, 0.1) is 59.1 Å². The minimum Gasteiger partial charge on any atom is -0.377 e. The van der Waals surface area contributed by atoms with Gasteiger partial charge in [0, 0.05) is 42.4 Å². The van der Waals surface area contributed by atoms with Crippen molar-refractivity contribution in [2.45, 2.75) is 43.7 Å². The van der Waals surface area contributed by atoms with E-state index in [-0.39, 0.29) is 16.5 Å². The summed E-state index contributed by atoms with van der Waals surface area (Å²) in [6, 6.07) is 4.10. The summed E-state index contributed by atoms with van der Waals surface area (Å²) < 4.78 is 36.3. The zero-order chi connectivity index (χ0) is 23.8. The van der Waals surface area contributed by atoms with E-state index in [9.17, 15) is 8.78 Å². The molecule has 0 N–H and O–H groups in total. The normalized spacial score (nSPS) is 34.9. The second kappa shape index (κ2) is 6.36. The molecule has 35 heavy (non-hydrogen) atoms. The number of fused-ring (bicyclic) bond motifs is 1. The van der Waals surface area contributed by atoms with Gasteiger partial charge in [0.15, 0.2) is 0 Å². The first-order valence-electron chi connectivity index (χ1n) is 12.4. The van der Waals surface area contributed by atoms with Gasteiger partial charge in [-0.2, -0.15) is 10.2 Å². The van der Waals surface area contributed by atoms with Crippen molar-refractivity contribution in [1.82, 2.24) is 24.5 Å². The van der Waals surface area contributed by atoms with E-state index in [1.54, 1.807) is 6.20 Å². The first-order valence-corrected chi connectivity index (χ1v) is 12.8. The predicted octanol–water partition coefficient (Wildman–Crippen LogP) is 3.93. The molecule has 3 aliphatic carbocycles. The summed E-state index contributed by atoms with van der Waals surface area (Å²) in [6.07, 6.45) is 5.37. The fourth-order valence-electron chi connectivity index (χ4n) is 7.65. The van der Waals surface area contributed by atoms with E-state index >= 15 is 0 Å². The summed E-state index contributed by atoms with van der Waals surface area (Å²) >= 11 is 6.72. The second-order valence-corrected chi connectivity index (χ2v) is 12.0. The highest BCUT2D eigenvalue weighted by molar-refractivity contribution is 6.34. The summed E-state index contributed by atoms with van der Waals surface area (Å²) in [5.74, 6) is 0. The van der Waals surface area contributed by atoms with Crippen molar-refractivity contribution in [3.63, 3.8) is 0 Å². The molecule has 10 heteroatoms. The van der Waals surface area contributed by atoms with Crippen LogP contribution in [0.25, 0.3) is 16.6 Å². The van der Waals surface area contributed by atoms with Crippen LogP contribution in [-0.4, -0.2) is 75.8 Å². The molecule has 5 aliphatic rings. The van der Waals surface area contributed by atoms with Gasteiger partial charge in [-0.25, -0.2) is 13.5 Å². The van der Waals surface area contributed by atoms with E-state index in [0.717, 1.165) is 73.1 Å². The maximum Gasteiger partial charge on any atom is 0.244 e. The van der Waals surface area contributed by atoms with E-state index in [1.165, 1.54) is 0 Å². The first kappa shape index (κ1) is 20.9. The van der Waals surface area contributed by atoms with Crippen LogP contribution in [0, 0.1) is 10.8 Å². The lowest BCUT2D eigenvalue weighted by Gasteiger charge is -2.50. The molecule has 3 atom stereocenters. The van der Waals surface area contributed by atoms with E-state index in [1.807, 2.05) is 27.8 Å². The van der Waals surface area contributed by atoms with Gasteiger partial charge in [-0.1, -0.05) is 11.6 Å². The summed E-state index contributed by atoms with van der Waals surface area (Å²) in [5, 5.41) is 10.9. The third-order valence-electron chi connectivity index (χ3n) is 9.93. The van der Waals surface area contributed by atoms with Crippen molar-refractivity contribution in [2.24, 2.45) is 10.8 Å². The fourth-order valence-corrected chi connectivity index (χ4v) is 7.94. The number of benzene rings is 1. The van der Waals surface area contributed by atoms with Crippen LogP contribution in [0.3, 0.4) is 0 Å². The summed E-state index contributed by atoms with van der Waals surface area (Å²) in [4.78, 5) is 4.87. The Morgan fingerprint density at radius 3 is 2.49 bits per heavy atom. The fraction of sp³-hybridized carbons (Fsp3) is 0.600. The lowest BCUT2D eigenvalue weighted by Crippen LogP contribution is -2.64. The Morgan fingerprint density at radius 2 is 1.83 bits per heavy atom. The molecule has 1 aromatic carbocycles. The molecule has 3 unspecified atom stereocenters. The Hall–Kier alpha value is -2.23. The first-order chi connectivity index (χ1) is 16.8. The molecule has 8 rings (SSSR count). The van der Waals surface area contributed by atoms with E-state index < -0.39 is 11.8 Å². The molecule has 7 nitrogen and oxygen atoms in total. The van der Waals surface area contributed by atoms with E-state index in [0.29, 0.717) is 12.8 Å².